The van der Waals surface area contributed by atoms with Gasteiger partial charge in [-0.25, -0.2) is 14.2 Å². The fourth-order valence-electron chi connectivity index (χ4n) is 1.31. The third kappa shape index (κ3) is 1.70. The number of nitrogens with zero attached hydrogens (tertiary/aromatic N) is 1. The van der Waals surface area contributed by atoms with E-state index in [4.69, 9.17) is 5.11 Å². The number of halogens is 1. The highest BCUT2D eigenvalue weighted by molar-refractivity contribution is 7.18. The summed E-state index contributed by atoms with van der Waals surface area (Å²) in [5.74, 6) is -1.69. The monoisotopic (exact) mass is 225 g/mol. The zero-order valence-corrected chi connectivity index (χ0v) is 8.77. The lowest BCUT2D eigenvalue weighted by Crippen LogP contribution is -1.96. The molecule has 0 aliphatic heterocycles. The number of benzene rings is 1. The van der Waals surface area contributed by atoms with E-state index in [0.29, 0.717) is 4.70 Å². The smallest absolute Gasteiger partial charge is 0.335 e. The summed E-state index contributed by atoms with van der Waals surface area (Å²) >= 11 is 1.33. The number of carboxylic acid groups (broad SMARTS) is 1. The lowest BCUT2D eigenvalue weighted by Gasteiger charge is -1.94. The summed E-state index contributed by atoms with van der Waals surface area (Å²) in [6.45, 7) is 1.92. The van der Waals surface area contributed by atoms with Gasteiger partial charge in [-0.15, -0.1) is 11.3 Å². The van der Waals surface area contributed by atoms with Crippen LogP contribution in [-0.4, -0.2) is 16.1 Å². The van der Waals surface area contributed by atoms with E-state index in [9.17, 15) is 9.18 Å². The number of aromatic nitrogens is 1. The summed E-state index contributed by atoms with van der Waals surface area (Å²) in [4.78, 5) is 14.8. The molecule has 0 fully saturated rings. The minimum atomic E-state index is -1.12. The van der Waals surface area contributed by atoms with Crippen LogP contribution in [0.25, 0.3) is 10.2 Å². The lowest BCUT2D eigenvalue weighted by atomic mass is 10.2. The Morgan fingerprint density at radius 3 is 2.93 bits per heavy atom. The van der Waals surface area contributed by atoms with Crippen LogP contribution in [0.15, 0.2) is 12.1 Å². The molecule has 0 unspecified atom stereocenters. The summed E-state index contributed by atoms with van der Waals surface area (Å²) in [5.41, 5.74) is 0.230. The number of thiazole rings is 1. The SMILES string of the molecule is CCc1nc2c(F)cc(C(=O)O)cc2s1. The van der Waals surface area contributed by atoms with Gasteiger partial charge in [-0.1, -0.05) is 6.92 Å². The van der Waals surface area contributed by atoms with Gasteiger partial charge in [0.05, 0.1) is 15.3 Å². The Kier molecular flexibility index (Phi) is 2.40. The molecule has 0 atom stereocenters. The highest BCUT2D eigenvalue weighted by Gasteiger charge is 2.12. The first kappa shape index (κ1) is 10.0. The Morgan fingerprint density at radius 2 is 2.33 bits per heavy atom. The molecule has 1 aromatic heterocycles. The van der Waals surface area contributed by atoms with Crippen LogP contribution < -0.4 is 0 Å². The topological polar surface area (TPSA) is 50.2 Å². The standard InChI is InChI=1S/C10H8FNO2S/c1-2-8-12-9-6(11)3-5(10(13)14)4-7(9)15-8/h3-4H,2H2,1H3,(H,13,14). The molecule has 1 N–H and O–H groups in total. The van der Waals surface area contributed by atoms with E-state index in [0.717, 1.165) is 17.5 Å². The molecule has 5 heteroatoms. The molecule has 3 nitrogen and oxygen atoms in total. The Bertz CT molecular complexity index is 535. The lowest BCUT2D eigenvalue weighted by molar-refractivity contribution is 0.0696. The molecule has 15 heavy (non-hydrogen) atoms. The van der Waals surface area contributed by atoms with Crippen molar-refractivity contribution in [1.82, 2.24) is 4.98 Å². The van der Waals surface area contributed by atoms with Crippen molar-refractivity contribution in [2.24, 2.45) is 0 Å². The molecule has 0 aliphatic carbocycles. The number of carbonyl (C=O) groups is 1. The molecule has 0 spiro atoms. The molecule has 78 valence electrons. The van der Waals surface area contributed by atoms with Crippen molar-refractivity contribution in [1.29, 1.82) is 0 Å². The largest absolute Gasteiger partial charge is 0.478 e. The summed E-state index contributed by atoms with van der Waals surface area (Å²) in [5, 5.41) is 9.56. The summed E-state index contributed by atoms with van der Waals surface area (Å²) in [7, 11) is 0. The Hall–Kier alpha value is -1.49. The van der Waals surface area contributed by atoms with Gasteiger partial charge in [-0.05, 0) is 18.6 Å². The van der Waals surface area contributed by atoms with E-state index in [1.165, 1.54) is 17.4 Å². The third-order valence-corrected chi connectivity index (χ3v) is 3.19. The first-order valence-electron chi connectivity index (χ1n) is 4.44. The maximum atomic E-state index is 13.4. The Balaban J connectivity index is 2.70. The van der Waals surface area contributed by atoms with E-state index >= 15 is 0 Å². The molecule has 1 heterocycles. The maximum Gasteiger partial charge on any atom is 0.335 e. The first-order chi connectivity index (χ1) is 7.11. The minimum Gasteiger partial charge on any atom is -0.478 e. The van der Waals surface area contributed by atoms with Crippen molar-refractivity contribution in [2.75, 3.05) is 0 Å². The number of carboxylic acids is 1. The molecule has 0 saturated carbocycles. The van der Waals surface area contributed by atoms with E-state index < -0.39 is 11.8 Å². The van der Waals surface area contributed by atoms with E-state index in [-0.39, 0.29) is 11.1 Å². The number of aromatic carboxylic acids is 1. The zero-order chi connectivity index (χ0) is 11.0. The first-order valence-corrected chi connectivity index (χ1v) is 5.25. The van der Waals surface area contributed by atoms with Crippen LogP contribution in [0.2, 0.25) is 0 Å². The third-order valence-electron chi connectivity index (χ3n) is 2.04. The molecule has 2 aromatic rings. The fraction of sp³-hybridized carbons (Fsp3) is 0.200. The number of hydrogen-bond donors (Lipinski definition) is 1. The number of fused-ring (bicyclic) bond motifs is 1. The number of rotatable bonds is 2. The fourth-order valence-corrected chi connectivity index (χ4v) is 2.27. The number of aryl methyl sites for hydroxylation is 1. The van der Waals surface area contributed by atoms with Crippen LogP contribution in [0, 0.1) is 5.82 Å². The maximum absolute atomic E-state index is 13.4. The minimum absolute atomic E-state index is 0.0358. The molecule has 1 aromatic carbocycles. The Labute approximate surface area is 89.2 Å². The summed E-state index contributed by atoms with van der Waals surface area (Å²) in [6.07, 6.45) is 0.723. The van der Waals surface area contributed by atoms with Crippen LogP contribution in [0.4, 0.5) is 4.39 Å². The van der Waals surface area contributed by atoms with E-state index in [1.807, 2.05) is 6.92 Å². The van der Waals surface area contributed by atoms with Crippen molar-refractivity contribution in [2.45, 2.75) is 13.3 Å². The van der Waals surface area contributed by atoms with Gasteiger partial charge in [0.25, 0.3) is 0 Å². The van der Waals surface area contributed by atoms with Gasteiger partial charge in [0, 0.05) is 0 Å². The second-order valence-corrected chi connectivity index (χ2v) is 4.19. The predicted octanol–water partition coefficient (Wildman–Crippen LogP) is 2.70. The van der Waals surface area contributed by atoms with Gasteiger partial charge in [0.1, 0.15) is 5.52 Å². The quantitative estimate of drug-likeness (QED) is 0.854. The van der Waals surface area contributed by atoms with Gasteiger partial charge < -0.3 is 5.11 Å². The average Bonchev–Trinajstić information content (AvgIpc) is 2.61. The number of hydrogen-bond acceptors (Lipinski definition) is 3. The van der Waals surface area contributed by atoms with Crippen molar-refractivity contribution in [3.05, 3.63) is 28.5 Å². The molecule has 0 amide bonds. The van der Waals surface area contributed by atoms with Gasteiger partial charge in [-0.2, -0.15) is 0 Å². The van der Waals surface area contributed by atoms with E-state index in [1.54, 1.807) is 0 Å². The van der Waals surface area contributed by atoms with Gasteiger partial charge in [-0.3, -0.25) is 0 Å². The predicted molar refractivity (Wildman–Crippen MR) is 55.9 cm³/mol. The summed E-state index contributed by atoms with van der Waals surface area (Å²) < 4.78 is 14.0. The van der Waals surface area contributed by atoms with Crippen molar-refractivity contribution in [3.8, 4) is 0 Å². The van der Waals surface area contributed by atoms with E-state index in [2.05, 4.69) is 4.98 Å². The second-order valence-electron chi connectivity index (χ2n) is 3.07. The highest BCUT2D eigenvalue weighted by Crippen LogP contribution is 2.26. The van der Waals surface area contributed by atoms with Gasteiger partial charge in [0.15, 0.2) is 5.82 Å². The molecule has 0 radical (unpaired) electrons. The van der Waals surface area contributed by atoms with Crippen LogP contribution in [0.3, 0.4) is 0 Å². The van der Waals surface area contributed by atoms with Crippen LogP contribution in [-0.2, 0) is 6.42 Å². The molecule has 0 bridgehead atoms. The van der Waals surface area contributed by atoms with Gasteiger partial charge >= 0.3 is 5.97 Å². The van der Waals surface area contributed by atoms with Crippen LogP contribution in [0.1, 0.15) is 22.3 Å². The average molecular weight is 225 g/mol. The molecule has 0 saturated heterocycles. The molecule has 0 aliphatic rings. The normalized spacial score (nSPS) is 10.8. The molecule has 2 rings (SSSR count). The molecular weight excluding hydrogens is 217 g/mol. The van der Waals surface area contributed by atoms with Crippen molar-refractivity contribution < 1.29 is 14.3 Å². The van der Waals surface area contributed by atoms with Crippen LogP contribution >= 0.6 is 11.3 Å². The van der Waals surface area contributed by atoms with Crippen molar-refractivity contribution >= 4 is 27.5 Å². The van der Waals surface area contributed by atoms with Gasteiger partial charge in [0.2, 0.25) is 0 Å². The van der Waals surface area contributed by atoms with Crippen molar-refractivity contribution in [3.63, 3.8) is 0 Å². The zero-order valence-electron chi connectivity index (χ0n) is 7.95. The second kappa shape index (κ2) is 3.58. The highest BCUT2D eigenvalue weighted by atomic mass is 32.1. The summed E-state index contributed by atoms with van der Waals surface area (Å²) in [6, 6.07) is 2.46. The van der Waals surface area contributed by atoms with Crippen LogP contribution in [0.5, 0.6) is 0 Å². The molecular formula is C10H8FNO2S. The Morgan fingerprint density at radius 1 is 1.60 bits per heavy atom.